The van der Waals surface area contributed by atoms with Crippen LogP contribution in [-0.4, -0.2) is 37.0 Å². The van der Waals surface area contributed by atoms with Gasteiger partial charge in [0.05, 0.1) is 5.92 Å². The zero-order valence-electron chi connectivity index (χ0n) is 11.6. The fraction of sp³-hybridized carbons (Fsp3) is 0.429. The highest BCUT2D eigenvalue weighted by Crippen LogP contribution is 2.42. The van der Waals surface area contributed by atoms with Crippen LogP contribution in [0.5, 0.6) is 0 Å². The minimum Gasteiger partial charge on any atom is -0.481 e. The Bertz CT molecular complexity index is 658. The first-order valence-electron chi connectivity index (χ1n) is 6.84. The lowest BCUT2D eigenvalue weighted by atomic mass is 10.0. The molecule has 1 aromatic carbocycles. The molecular formula is C14H16N4O2S. The standard InChI is InChI=1S/C14H16N4O2S/c1-9(6-13(19)20)7-18-14(15-16-17-18)11-8-21-12-5-3-2-4-10(11)12/h2-5,9,11H,6-8H2,1H3,(H,19,20). The van der Waals surface area contributed by atoms with Crippen LogP contribution in [0.25, 0.3) is 0 Å². The molecule has 2 unspecified atom stereocenters. The number of aliphatic carboxylic acids is 1. The number of carbonyl (C=O) groups is 1. The van der Waals surface area contributed by atoms with Gasteiger partial charge in [0.25, 0.3) is 0 Å². The van der Waals surface area contributed by atoms with Crippen LogP contribution >= 0.6 is 11.8 Å². The van der Waals surface area contributed by atoms with Crippen molar-refractivity contribution >= 4 is 17.7 Å². The van der Waals surface area contributed by atoms with Gasteiger partial charge >= 0.3 is 5.97 Å². The van der Waals surface area contributed by atoms with Gasteiger partial charge in [-0.2, -0.15) is 0 Å². The predicted octanol–water partition coefficient (Wildman–Crippen LogP) is 2.02. The normalized spacial score (nSPS) is 18.4. The van der Waals surface area contributed by atoms with Crippen molar-refractivity contribution in [3.63, 3.8) is 0 Å². The average Bonchev–Trinajstić information content (AvgIpc) is 3.03. The van der Waals surface area contributed by atoms with E-state index in [2.05, 4.69) is 27.7 Å². The van der Waals surface area contributed by atoms with E-state index in [4.69, 9.17) is 5.11 Å². The fourth-order valence-electron chi connectivity index (χ4n) is 2.63. The second-order valence-corrected chi connectivity index (χ2v) is 6.39. The molecule has 110 valence electrons. The third-order valence-electron chi connectivity index (χ3n) is 3.58. The molecule has 0 spiro atoms. The van der Waals surface area contributed by atoms with E-state index >= 15 is 0 Å². The van der Waals surface area contributed by atoms with Crippen LogP contribution in [0.1, 0.15) is 30.7 Å². The van der Waals surface area contributed by atoms with Crippen molar-refractivity contribution in [1.29, 1.82) is 0 Å². The zero-order valence-corrected chi connectivity index (χ0v) is 12.5. The minimum atomic E-state index is -0.793. The summed E-state index contributed by atoms with van der Waals surface area (Å²) in [5.74, 6) is 1.13. The second-order valence-electron chi connectivity index (χ2n) is 5.32. The topological polar surface area (TPSA) is 80.9 Å². The molecule has 1 aliphatic heterocycles. The van der Waals surface area contributed by atoms with Gasteiger partial charge in [0.2, 0.25) is 0 Å². The highest BCUT2D eigenvalue weighted by Gasteiger charge is 2.29. The van der Waals surface area contributed by atoms with E-state index in [9.17, 15) is 4.79 Å². The fourth-order valence-corrected chi connectivity index (χ4v) is 3.85. The number of thioether (sulfide) groups is 1. The monoisotopic (exact) mass is 304 g/mol. The van der Waals surface area contributed by atoms with Crippen LogP contribution in [0, 0.1) is 5.92 Å². The zero-order chi connectivity index (χ0) is 14.8. The lowest BCUT2D eigenvalue weighted by Gasteiger charge is -2.13. The number of nitrogens with zero attached hydrogens (tertiary/aromatic N) is 4. The Balaban J connectivity index is 1.82. The van der Waals surface area contributed by atoms with Crippen molar-refractivity contribution < 1.29 is 9.90 Å². The quantitative estimate of drug-likeness (QED) is 0.910. The number of aromatic nitrogens is 4. The van der Waals surface area contributed by atoms with Crippen molar-refractivity contribution in [3.05, 3.63) is 35.7 Å². The van der Waals surface area contributed by atoms with Crippen molar-refractivity contribution in [1.82, 2.24) is 20.2 Å². The highest BCUT2D eigenvalue weighted by atomic mass is 32.2. The number of carboxylic acids is 1. The van der Waals surface area contributed by atoms with Crippen molar-refractivity contribution in [2.45, 2.75) is 30.7 Å². The third-order valence-corrected chi connectivity index (χ3v) is 4.76. The van der Waals surface area contributed by atoms with Gasteiger partial charge in [-0.1, -0.05) is 25.1 Å². The Morgan fingerprint density at radius 3 is 3.14 bits per heavy atom. The molecule has 6 nitrogen and oxygen atoms in total. The maximum atomic E-state index is 10.8. The molecule has 1 aliphatic rings. The molecule has 7 heteroatoms. The Morgan fingerprint density at radius 1 is 1.52 bits per heavy atom. The third kappa shape index (κ3) is 2.92. The number of hydrogen-bond acceptors (Lipinski definition) is 5. The van der Waals surface area contributed by atoms with E-state index in [1.807, 2.05) is 30.8 Å². The first kappa shape index (κ1) is 14.1. The first-order chi connectivity index (χ1) is 10.1. The molecule has 1 N–H and O–H groups in total. The summed E-state index contributed by atoms with van der Waals surface area (Å²) < 4.78 is 1.75. The summed E-state index contributed by atoms with van der Waals surface area (Å²) in [6, 6.07) is 8.28. The molecule has 21 heavy (non-hydrogen) atoms. The largest absolute Gasteiger partial charge is 0.481 e. The van der Waals surface area contributed by atoms with Gasteiger partial charge in [0.1, 0.15) is 0 Å². The van der Waals surface area contributed by atoms with E-state index in [1.165, 1.54) is 10.5 Å². The van der Waals surface area contributed by atoms with Gasteiger partial charge in [-0.3, -0.25) is 4.79 Å². The number of benzene rings is 1. The molecule has 2 heterocycles. The van der Waals surface area contributed by atoms with E-state index in [0.29, 0.717) is 6.54 Å². The maximum Gasteiger partial charge on any atom is 0.303 e. The summed E-state index contributed by atoms with van der Waals surface area (Å²) in [7, 11) is 0. The summed E-state index contributed by atoms with van der Waals surface area (Å²) in [4.78, 5) is 12.1. The Morgan fingerprint density at radius 2 is 2.33 bits per heavy atom. The van der Waals surface area contributed by atoms with Crippen LogP contribution < -0.4 is 0 Å². The lowest BCUT2D eigenvalue weighted by Crippen LogP contribution is -2.17. The van der Waals surface area contributed by atoms with E-state index in [0.717, 1.165) is 11.6 Å². The van der Waals surface area contributed by atoms with Crippen molar-refractivity contribution in [2.24, 2.45) is 5.92 Å². The molecular weight excluding hydrogens is 288 g/mol. The molecule has 0 saturated heterocycles. The van der Waals surface area contributed by atoms with Crippen LogP contribution in [0.3, 0.4) is 0 Å². The summed E-state index contributed by atoms with van der Waals surface area (Å²) in [5.41, 5.74) is 1.25. The second kappa shape index (κ2) is 5.85. The number of hydrogen-bond donors (Lipinski definition) is 1. The van der Waals surface area contributed by atoms with Crippen molar-refractivity contribution in [3.8, 4) is 0 Å². The predicted molar refractivity (Wildman–Crippen MR) is 78.2 cm³/mol. The summed E-state index contributed by atoms with van der Waals surface area (Å²) >= 11 is 1.81. The number of rotatable bonds is 5. The van der Waals surface area contributed by atoms with E-state index < -0.39 is 5.97 Å². The molecule has 2 aromatic rings. The minimum absolute atomic E-state index is 0.00551. The Labute approximate surface area is 126 Å². The van der Waals surface area contributed by atoms with Gasteiger partial charge in [0, 0.05) is 23.6 Å². The Hall–Kier alpha value is -1.89. The number of tetrazole rings is 1. The van der Waals surface area contributed by atoms with Gasteiger partial charge in [-0.25, -0.2) is 4.68 Å². The van der Waals surface area contributed by atoms with Crippen LogP contribution in [0.15, 0.2) is 29.2 Å². The molecule has 2 atom stereocenters. The van der Waals surface area contributed by atoms with Gasteiger partial charge in [-0.05, 0) is 28.0 Å². The highest BCUT2D eigenvalue weighted by molar-refractivity contribution is 7.99. The van der Waals surface area contributed by atoms with Gasteiger partial charge in [0.15, 0.2) is 5.82 Å². The number of carboxylic acid groups (broad SMARTS) is 1. The van der Waals surface area contributed by atoms with Crippen LogP contribution in [-0.2, 0) is 11.3 Å². The lowest BCUT2D eigenvalue weighted by molar-refractivity contribution is -0.138. The Kier molecular flexibility index (Phi) is 3.92. The summed E-state index contributed by atoms with van der Waals surface area (Å²) in [6.45, 7) is 2.43. The maximum absolute atomic E-state index is 10.8. The van der Waals surface area contributed by atoms with E-state index in [-0.39, 0.29) is 18.3 Å². The smallest absolute Gasteiger partial charge is 0.303 e. The molecule has 0 aliphatic carbocycles. The number of fused-ring (bicyclic) bond motifs is 1. The van der Waals surface area contributed by atoms with Gasteiger partial charge < -0.3 is 5.11 Å². The molecule has 0 amide bonds. The van der Waals surface area contributed by atoms with Crippen LogP contribution in [0.2, 0.25) is 0 Å². The molecule has 0 radical (unpaired) electrons. The molecule has 0 bridgehead atoms. The van der Waals surface area contributed by atoms with Crippen LogP contribution in [0.4, 0.5) is 0 Å². The van der Waals surface area contributed by atoms with Crippen molar-refractivity contribution in [2.75, 3.05) is 5.75 Å². The molecule has 0 saturated carbocycles. The first-order valence-corrected chi connectivity index (χ1v) is 7.83. The molecule has 1 aromatic heterocycles. The van der Waals surface area contributed by atoms with E-state index in [1.54, 1.807) is 4.68 Å². The van der Waals surface area contributed by atoms with Gasteiger partial charge in [-0.15, -0.1) is 16.9 Å². The molecule has 3 rings (SSSR count). The SMILES string of the molecule is CC(CC(=O)O)Cn1nnnc1C1CSc2ccccc21. The summed E-state index contributed by atoms with van der Waals surface area (Å²) in [5, 5.41) is 20.8. The molecule has 0 fully saturated rings. The average molecular weight is 304 g/mol. The summed E-state index contributed by atoms with van der Waals surface area (Å²) in [6.07, 6.45) is 0.120.